The van der Waals surface area contributed by atoms with E-state index in [1.54, 1.807) is 18.2 Å². The lowest BCUT2D eigenvalue weighted by Gasteiger charge is -2.28. The van der Waals surface area contributed by atoms with Crippen molar-refractivity contribution < 1.29 is 18.0 Å². The number of halogens is 4. The van der Waals surface area contributed by atoms with E-state index >= 15 is 0 Å². The number of H-pyrrole nitrogens is 1. The predicted octanol–water partition coefficient (Wildman–Crippen LogP) is 2.45. The molecule has 7 nitrogen and oxygen atoms in total. The first kappa shape index (κ1) is 17.5. The molecule has 27 heavy (non-hydrogen) atoms. The van der Waals surface area contributed by atoms with Gasteiger partial charge in [0.2, 0.25) is 11.3 Å². The molecule has 140 valence electrons. The van der Waals surface area contributed by atoms with E-state index in [0.717, 1.165) is 4.57 Å². The maximum absolute atomic E-state index is 12.9. The lowest BCUT2D eigenvalue weighted by Crippen LogP contribution is -2.41. The highest BCUT2D eigenvalue weighted by Crippen LogP contribution is 2.29. The molecule has 11 heteroatoms. The average Bonchev–Trinajstić information content (AvgIpc) is 3.06. The smallest absolute Gasteiger partial charge is 0.359 e. The SMILES string of the molecule is O=C(c1c[nH]c2c(Cl)cccc2c1=O)N1CCn2c(nnc2C(F)(F)F)C1. The van der Waals surface area contributed by atoms with E-state index in [1.165, 1.54) is 11.1 Å². The van der Waals surface area contributed by atoms with Crippen LogP contribution in [0, 0.1) is 0 Å². The Hall–Kier alpha value is -2.88. The molecular weight excluding hydrogens is 387 g/mol. The molecule has 3 heterocycles. The lowest BCUT2D eigenvalue weighted by atomic mass is 10.1. The third-order valence-corrected chi connectivity index (χ3v) is 4.70. The van der Waals surface area contributed by atoms with Crippen LogP contribution in [0.3, 0.4) is 0 Å². The lowest BCUT2D eigenvalue weighted by molar-refractivity contribution is -0.147. The van der Waals surface area contributed by atoms with Crippen LogP contribution in [0.5, 0.6) is 0 Å². The van der Waals surface area contributed by atoms with E-state index in [1.807, 2.05) is 0 Å². The molecule has 1 aliphatic heterocycles. The fourth-order valence-corrected chi connectivity index (χ4v) is 3.31. The van der Waals surface area contributed by atoms with Gasteiger partial charge in [0.25, 0.3) is 5.91 Å². The van der Waals surface area contributed by atoms with Gasteiger partial charge in [-0.25, -0.2) is 0 Å². The molecule has 0 fully saturated rings. The first-order valence-corrected chi connectivity index (χ1v) is 8.23. The predicted molar refractivity (Wildman–Crippen MR) is 89.3 cm³/mol. The summed E-state index contributed by atoms with van der Waals surface area (Å²) in [7, 11) is 0. The van der Waals surface area contributed by atoms with Gasteiger partial charge in [-0.1, -0.05) is 17.7 Å². The number of carbonyl (C=O) groups is 1. The van der Waals surface area contributed by atoms with Gasteiger partial charge >= 0.3 is 6.18 Å². The number of fused-ring (bicyclic) bond motifs is 2. The Morgan fingerprint density at radius 2 is 2.00 bits per heavy atom. The molecule has 2 aromatic heterocycles. The Bertz CT molecular complexity index is 1120. The van der Waals surface area contributed by atoms with E-state index in [9.17, 15) is 22.8 Å². The van der Waals surface area contributed by atoms with E-state index < -0.39 is 23.3 Å². The summed E-state index contributed by atoms with van der Waals surface area (Å²) < 4.78 is 39.6. The van der Waals surface area contributed by atoms with Crippen molar-refractivity contribution in [2.24, 2.45) is 0 Å². The second kappa shape index (κ2) is 6.08. The molecule has 0 bridgehead atoms. The van der Waals surface area contributed by atoms with Crippen LogP contribution in [-0.2, 0) is 19.3 Å². The normalized spacial score (nSPS) is 14.4. The highest BCUT2D eigenvalue weighted by atomic mass is 35.5. The van der Waals surface area contributed by atoms with E-state index in [2.05, 4.69) is 15.2 Å². The van der Waals surface area contributed by atoms with E-state index in [-0.39, 0.29) is 36.4 Å². The number of aromatic nitrogens is 4. The van der Waals surface area contributed by atoms with Crippen molar-refractivity contribution in [2.45, 2.75) is 19.3 Å². The Morgan fingerprint density at radius 1 is 1.22 bits per heavy atom. The van der Waals surface area contributed by atoms with Crippen molar-refractivity contribution in [3.63, 3.8) is 0 Å². The molecule has 0 unspecified atom stereocenters. The summed E-state index contributed by atoms with van der Waals surface area (Å²) in [5.74, 6) is -1.68. The first-order chi connectivity index (χ1) is 12.8. The Morgan fingerprint density at radius 3 is 2.74 bits per heavy atom. The zero-order chi connectivity index (χ0) is 19.3. The fourth-order valence-electron chi connectivity index (χ4n) is 3.08. The summed E-state index contributed by atoms with van der Waals surface area (Å²) in [6, 6.07) is 4.74. The maximum Gasteiger partial charge on any atom is 0.451 e. The number of aromatic amines is 1. The number of hydrogen-bond donors (Lipinski definition) is 1. The zero-order valence-electron chi connectivity index (χ0n) is 13.5. The number of hydrogen-bond acceptors (Lipinski definition) is 4. The first-order valence-electron chi connectivity index (χ1n) is 7.86. The van der Waals surface area contributed by atoms with Crippen molar-refractivity contribution in [3.8, 4) is 0 Å². The van der Waals surface area contributed by atoms with Gasteiger partial charge in [0.1, 0.15) is 5.56 Å². The zero-order valence-corrected chi connectivity index (χ0v) is 14.3. The van der Waals surface area contributed by atoms with Gasteiger partial charge in [0, 0.05) is 24.7 Å². The number of alkyl halides is 3. The third-order valence-electron chi connectivity index (χ3n) is 4.39. The minimum absolute atomic E-state index is 0.0000235. The molecule has 0 radical (unpaired) electrons. The summed E-state index contributed by atoms with van der Waals surface area (Å²) in [6.45, 7) is -0.283. The molecule has 1 aliphatic rings. The number of rotatable bonds is 1. The van der Waals surface area contributed by atoms with Crippen molar-refractivity contribution in [1.82, 2.24) is 24.6 Å². The molecule has 0 aliphatic carbocycles. The number of para-hydroxylation sites is 1. The summed E-state index contributed by atoms with van der Waals surface area (Å²) in [6.07, 6.45) is -3.36. The molecule has 3 aromatic rings. The molecule has 0 atom stereocenters. The molecule has 0 saturated heterocycles. The van der Waals surface area contributed by atoms with Crippen molar-refractivity contribution in [1.29, 1.82) is 0 Å². The van der Waals surface area contributed by atoms with Crippen LogP contribution in [-0.4, -0.2) is 37.1 Å². The second-order valence-electron chi connectivity index (χ2n) is 6.01. The van der Waals surface area contributed by atoms with Gasteiger partial charge in [0.05, 0.1) is 17.1 Å². The van der Waals surface area contributed by atoms with E-state index in [4.69, 9.17) is 11.6 Å². The van der Waals surface area contributed by atoms with Crippen molar-refractivity contribution >= 4 is 28.4 Å². The standard InChI is InChI=1S/C16H11ClF3N5O2/c17-10-3-1-2-8-12(10)21-6-9(13(8)26)14(27)24-4-5-25-11(7-24)22-23-15(25)16(18,19)20/h1-3,6H,4-5,7H2,(H,21,26). The summed E-state index contributed by atoms with van der Waals surface area (Å²) >= 11 is 6.03. The number of benzene rings is 1. The number of pyridine rings is 1. The van der Waals surface area contributed by atoms with Crippen LogP contribution >= 0.6 is 11.6 Å². The largest absolute Gasteiger partial charge is 0.451 e. The minimum Gasteiger partial charge on any atom is -0.359 e. The maximum atomic E-state index is 12.9. The van der Waals surface area contributed by atoms with E-state index in [0.29, 0.717) is 10.5 Å². The van der Waals surface area contributed by atoms with Crippen molar-refractivity contribution in [2.75, 3.05) is 6.54 Å². The monoisotopic (exact) mass is 397 g/mol. The van der Waals surface area contributed by atoms with Crippen LogP contribution < -0.4 is 5.43 Å². The van der Waals surface area contributed by atoms with Gasteiger partial charge in [-0.05, 0) is 12.1 Å². The number of nitrogens with one attached hydrogen (secondary N) is 1. The number of carbonyl (C=O) groups excluding carboxylic acids is 1. The highest BCUT2D eigenvalue weighted by Gasteiger charge is 2.40. The molecule has 0 spiro atoms. The van der Waals surface area contributed by atoms with Crippen LogP contribution in [0.15, 0.2) is 29.2 Å². The Labute approximate surface area is 154 Å². The van der Waals surface area contributed by atoms with Crippen LogP contribution in [0.4, 0.5) is 13.2 Å². The third kappa shape index (κ3) is 2.85. The molecule has 1 N–H and O–H groups in total. The fraction of sp³-hybridized carbons (Fsp3) is 0.250. The van der Waals surface area contributed by atoms with Crippen molar-refractivity contribution in [3.05, 3.63) is 56.9 Å². The number of amides is 1. The topological polar surface area (TPSA) is 83.9 Å². The highest BCUT2D eigenvalue weighted by molar-refractivity contribution is 6.35. The van der Waals surface area contributed by atoms with Gasteiger partial charge in [-0.2, -0.15) is 13.2 Å². The molecular formula is C16H11ClF3N5O2. The quantitative estimate of drug-likeness (QED) is 0.683. The van der Waals surface area contributed by atoms with Gasteiger partial charge < -0.3 is 14.5 Å². The molecule has 1 aromatic carbocycles. The summed E-state index contributed by atoms with van der Waals surface area (Å²) in [5, 5.41) is 7.30. The second-order valence-corrected chi connectivity index (χ2v) is 6.42. The van der Waals surface area contributed by atoms with Gasteiger partial charge in [-0.15, -0.1) is 10.2 Å². The van der Waals surface area contributed by atoms with Gasteiger partial charge in [-0.3, -0.25) is 9.59 Å². The number of nitrogens with zero attached hydrogens (tertiary/aromatic N) is 4. The molecule has 0 saturated carbocycles. The van der Waals surface area contributed by atoms with Crippen LogP contribution in [0.2, 0.25) is 5.02 Å². The summed E-state index contributed by atoms with van der Waals surface area (Å²) in [5.41, 5.74) is -0.207. The average molecular weight is 398 g/mol. The minimum atomic E-state index is -4.62. The van der Waals surface area contributed by atoms with Crippen LogP contribution in [0.25, 0.3) is 10.9 Å². The summed E-state index contributed by atoms with van der Waals surface area (Å²) in [4.78, 5) is 29.5. The molecule has 1 amide bonds. The molecule has 4 rings (SSSR count). The van der Waals surface area contributed by atoms with Gasteiger partial charge in [0.15, 0.2) is 5.82 Å². The van der Waals surface area contributed by atoms with Crippen LogP contribution in [0.1, 0.15) is 22.0 Å². The Balaban J connectivity index is 1.67. The Kier molecular flexibility index (Phi) is 3.95.